The SMILES string of the molecule is O=C(O)c1cccc(C(=O)N2CCC(C(O)c3ccc(F)cc3)CC2)c1. The fourth-order valence-corrected chi connectivity index (χ4v) is 3.32. The molecule has 2 aromatic carbocycles. The lowest BCUT2D eigenvalue weighted by Gasteiger charge is -2.34. The minimum atomic E-state index is -1.07. The number of halogens is 1. The second kappa shape index (κ2) is 7.66. The van der Waals surface area contributed by atoms with Crippen molar-refractivity contribution in [2.24, 2.45) is 5.92 Å². The molecule has 0 bridgehead atoms. The van der Waals surface area contributed by atoms with Crippen LogP contribution in [0.3, 0.4) is 0 Å². The summed E-state index contributed by atoms with van der Waals surface area (Å²) >= 11 is 0. The zero-order chi connectivity index (χ0) is 18.7. The molecule has 1 fully saturated rings. The number of aliphatic hydroxyl groups excluding tert-OH is 1. The molecule has 5 nitrogen and oxygen atoms in total. The van der Waals surface area contributed by atoms with Gasteiger partial charge in [0.25, 0.3) is 5.91 Å². The van der Waals surface area contributed by atoms with E-state index < -0.39 is 12.1 Å². The number of hydrogen-bond donors (Lipinski definition) is 2. The van der Waals surface area contributed by atoms with Gasteiger partial charge in [0.2, 0.25) is 0 Å². The third-order valence-corrected chi connectivity index (χ3v) is 4.84. The molecular formula is C20H20FNO4. The summed E-state index contributed by atoms with van der Waals surface area (Å²) in [6.45, 7) is 0.970. The van der Waals surface area contributed by atoms with Crippen molar-refractivity contribution in [3.05, 3.63) is 71.0 Å². The van der Waals surface area contributed by atoms with Crippen molar-refractivity contribution in [3.8, 4) is 0 Å². The molecule has 1 unspecified atom stereocenters. The molecule has 0 spiro atoms. The maximum Gasteiger partial charge on any atom is 0.335 e. The van der Waals surface area contributed by atoms with Crippen LogP contribution in [0.1, 0.15) is 45.2 Å². The van der Waals surface area contributed by atoms with E-state index in [2.05, 4.69) is 0 Å². The minimum Gasteiger partial charge on any atom is -0.478 e. The van der Waals surface area contributed by atoms with Crippen molar-refractivity contribution in [1.29, 1.82) is 0 Å². The van der Waals surface area contributed by atoms with E-state index in [0.29, 0.717) is 37.1 Å². The van der Waals surface area contributed by atoms with E-state index in [1.807, 2.05) is 0 Å². The van der Waals surface area contributed by atoms with E-state index in [-0.39, 0.29) is 23.2 Å². The van der Waals surface area contributed by atoms with Crippen LogP contribution < -0.4 is 0 Å². The van der Waals surface area contributed by atoms with Gasteiger partial charge in [-0.1, -0.05) is 18.2 Å². The Morgan fingerprint density at radius 2 is 1.65 bits per heavy atom. The number of likely N-dealkylation sites (tertiary alicyclic amines) is 1. The summed E-state index contributed by atoms with van der Waals surface area (Å²) in [4.78, 5) is 25.3. The molecule has 1 amide bonds. The van der Waals surface area contributed by atoms with Crippen molar-refractivity contribution in [1.82, 2.24) is 4.90 Å². The zero-order valence-corrected chi connectivity index (χ0v) is 14.1. The molecule has 2 N–H and O–H groups in total. The van der Waals surface area contributed by atoms with Crippen LogP contribution in [-0.4, -0.2) is 40.1 Å². The zero-order valence-electron chi connectivity index (χ0n) is 14.1. The molecule has 1 aliphatic heterocycles. The van der Waals surface area contributed by atoms with Crippen molar-refractivity contribution in [3.63, 3.8) is 0 Å². The average Bonchev–Trinajstić information content (AvgIpc) is 2.67. The van der Waals surface area contributed by atoms with Gasteiger partial charge < -0.3 is 15.1 Å². The molecule has 26 heavy (non-hydrogen) atoms. The summed E-state index contributed by atoms with van der Waals surface area (Å²) < 4.78 is 13.0. The molecule has 1 heterocycles. The molecule has 136 valence electrons. The topological polar surface area (TPSA) is 77.8 Å². The van der Waals surface area contributed by atoms with Crippen LogP contribution in [0.25, 0.3) is 0 Å². The Labute approximate surface area is 150 Å². The monoisotopic (exact) mass is 357 g/mol. The number of aliphatic hydroxyl groups is 1. The lowest BCUT2D eigenvalue weighted by atomic mass is 9.87. The van der Waals surface area contributed by atoms with E-state index in [9.17, 15) is 19.1 Å². The Morgan fingerprint density at radius 3 is 2.27 bits per heavy atom. The summed E-state index contributed by atoms with van der Waals surface area (Å²) in [5, 5.41) is 19.5. The molecule has 2 aromatic rings. The van der Waals surface area contributed by atoms with Crippen molar-refractivity contribution >= 4 is 11.9 Å². The van der Waals surface area contributed by atoms with Gasteiger partial charge in [0, 0.05) is 18.7 Å². The highest BCUT2D eigenvalue weighted by atomic mass is 19.1. The number of carbonyl (C=O) groups is 2. The van der Waals surface area contributed by atoms with Crippen LogP contribution in [0.2, 0.25) is 0 Å². The third kappa shape index (κ3) is 3.91. The van der Waals surface area contributed by atoms with Gasteiger partial charge in [0.05, 0.1) is 11.7 Å². The van der Waals surface area contributed by atoms with E-state index in [4.69, 9.17) is 5.11 Å². The van der Waals surface area contributed by atoms with E-state index in [1.165, 1.54) is 24.3 Å². The molecular weight excluding hydrogens is 337 g/mol. The standard InChI is InChI=1S/C20H20FNO4/c21-17-6-4-13(5-7-17)18(23)14-8-10-22(11-9-14)19(24)15-2-1-3-16(12-15)20(25)26/h1-7,12,14,18,23H,8-11H2,(H,25,26). The third-order valence-electron chi connectivity index (χ3n) is 4.84. The van der Waals surface area contributed by atoms with E-state index in [1.54, 1.807) is 29.2 Å². The predicted octanol–water partition coefficient (Wildman–Crippen LogP) is 3.11. The summed E-state index contributed by atoms with van der Waals surface area (Å²) in [6, 6.07) is 11.8. The van der Waals surface area contributed by atoms with E-state index in [0.717, 1.165) is 0 Å². The lowest BCUT2D eigenvalue weighted by molar-refractivity contribution is 0.0462. The average molecular weight is 357 g/mol. The highest BCUT2D eigenvalue weighted by molar-refractivity contribution is 5.97. The van der Waals surface area contributed by atoms with Crippen molar-refractivity contribution in [2.75, 3.05) is 13.1 Å². The first-order chi connectivity index (χ1) is 12.5. The maximum absolute atomic E-state index is 13.0. The molecule has 0 saturated carbocycles. The van der Waals surface area contributed by atoms with Crippen LogP contribution >= 0.6 is 0 Å². The predicted molar refractivity (Wildman–Crippen MR) is 93.4 cm³/mol. The molecule has 1 aliphatic rings. The molecule has 0 aromatic heterocycles. The first-order valence-corrected chi connectivity index (χ1v) is 8.52. The maximum atomic E-state index is 13.0. The Balaban J connectivity index is 1.62. The summed E-state index contributed by atoms with van der Waals surface area (Å²) in [7, 11) is 0. The molecule has 1 atom stereocenters. The number of hydrogen-bond acceptors (Lipinski definition) is 3. The first-order valence-electron chi connectivity index (χ1n) is 8.52. The summed E-state index contributed by atoms with van der Waals surface area (Å²) in [6.07, 6.45) is 0.564. The highest BCUT2D eigenvalue weighted by Gasteiger charge is 2.29. The van der Waals surface area contributed by atoms with Crippen LogP contribution in [0.4, 0.5) is 4.39 Å². The summed E-state index contributed by atoms with van der Waals surface area (Å²) in [5.74, 6) is -1.62. The van der Waals surface area contributed by atoms with Gasteiger partial charge in [-0.25, -0.2) is 9.18 Å². The van der Waals surface area contributed by atoms with Crippen molar-refractivity contribution < 1.29 is 24.2 Å². The Bertz CT molecular complexity index is 798. The fraction of sp³-hybridized carbons (Fsp3) is 0.300. The van der Waals surface area contributed by atoms with Crippen LogP contribution in [0.5, 0.6) is 0 Å². The van der Waals surface area contributed by atoms with Crippen LogP contribution in [-0.2, 0) is 0 Å². The van der Waals surface area contributed by atoms with Crippen LogP contribution in [0, 0.1) is 11.7 Å². The van der Waals surface area contributed by atoms with Gasteiger partial charge in [-0.05, 0) is 54.7 Å². The van der Waals surface area contributed by atoms with Gasteiger partial charge in [-0.2, -0.15) is 0 Å². The van der Waals surface area contributed by atoms with Gasteiger partial charge in [0.1, 0.15) is 5.82 Å². The number of aromatic carboxylic acids is 1. The molecule has 0 radical (unpaired) electrons. The summed E-state index contributed by atoms with van der Waals surface area (Å²) in [5.41, 5.74) is 1.10. The Hall–Kier alpha value is -2.73. The quantitative estimate of drug-likeness (QED) is 0.881. The molecule has 0 aliphatic carbocycles. The van der Waals surface area contributed by atoms with E-state index >= 15 is 0 Å². The second-order valence-electron chi connectivity index (χ2n) is 6.51. The van der Waals surface area contributed by atoms with Gasteiger partial charge in [-0.3, -0.25) is 4.79 Å². The molecule has 1 saturated heterocycles. The Morgan fingerprint density at radius 1 is 1.04 bits per heavy atom. The first kappa shape index (κ1) is 18.1. The van der Waals surface area contributed by atoms with Crippen molar-refractivity contribution in [2.45, 2.75) is 18.9 Å². The van der Waals surface area contributed by atoms with Gasteiger partial charge in [0.15, 0.2) is 0 Å². The van der Waals surface area contributed by atoms with Gasteiger partial charge >= 0.3 is 5.97 Å². The number of benzene rings is 2. The highest BCUT2D eigenvalue weighted by Crippen LogP contribution is 2.31. The van der Waals surface area contributed by atoms with Crippen LogP contribution in [0.15, 0.2) is 48.5 Å². The smallest absolute Gasteiger partial charge is 0.335 e. The number of nitrogens with zero attached hydrogens (tertiary/aromatic N) is 1. The normalized spacial score (nSPS) is 16.3. The number of carboxylic acid groups (broad SMARTS) is 1. The number of carbonyl (C=O) groups excluding carboxylic acids is 1. The van der Waals surface area contributed by atoms with Gasteiger partial charge in [-0.15, -0.1) is 0 Å². The molecule has 3 rings (SSSR count). The number of rotatable bonds is 4. The lowest BCUT2D eigenvalue weighted by Crippen LogP contribution is -2.39. The number of amides is 1. The largest absolute Gasteiger partial charge is 0.478 e. The molecule has 6 heteroatoms. The fourth-order valence-electron chi connectivity index (χ4n) is 3.32. The minimum absolute atomic E-state index is 0.00475. The number of piperidine rings is 1. The number of carboxylic acids is 1. The Kier molecular flexibility index (Phi) is 5.32. The second-order valence-corrected chi connectivity index (χ2v) is 6.51.